The molecule has 1 unspecified atom stereocenters. The first-order valence-electron chi connectivity index (χ1n) is 9.00. The first-order valence-corrected chi connectivity index (χ1v) is 9.00. The van der Waals surface area contributed by atoms with E-state index >= 15 is 0 Å². The van der Waals surface area contributed by atoms with Crippen LogP contribution in [0.3, 0.4) is 0 Å². The maximum atomic E-state index is 11.7. The highest BCUT2D eigenvalue weighted by Gasteiger charge is 2.21. The van der Waals surface area contributed by atoms with Crippen molar-refractivity contribution in [2.45, 2.75) is 44.6 Å². The van der Waals surface area contributed by atoms with Gasteiger partial charge in [-0.25, -0.2) is 0 Å². The molecule has 5 heteroatoms. The lowest BCUT2D eigenvalue weighted by Gasteiger charge is -2.25. The van der Waals surface area contributed by atoms with Crippen molar-refractivity contribution in [3.63, 3.8) is 0 Å². The normalized spacial score (nSPS) is 19.2. The van der Waals surface area contributed by atoms with Crippen LogP contribution in [0.4, 0.5) is 0 Å². The number of halogens is 1. The SMILES string of the molecule is Cl.O=C(CNCC1CC1)NCCCOC1CCCc2ccccc21. The van der Waals surface area contributed by atoms with Crippen LogP contribution in [0.5, 0.6) is 0 Å². The molecule has 0 bridgehead atoms. The summed E-state index contributed by atoms with van der Waals surface area (Å²) >= 11 is 0. The molecular formula is C19H29ClN2O2. The summed E-state index contributed by atoms with van der Waals surface area (Å²) in [5.41, 5.74) is 2.78. The Bertz CT molecular complexity index is 520. The number of hydrogen-bond acceptors (Lipinski definition) is 3. The van der Waals surface area contributed by atoms with Crippen molar-refractivity contribution in [3.05, 3.63) is 35.4 Å². The fraction of sp³-hybridized carbons (Fsp3) is 0.632. The summed E-state index contributed by atoms with van der Waals surface area (Å²) < 4.78 is 6.05. The van der Waals surface area contributed by atoms with Gasteiger partial charge in [0, 0.05) is 13.2 Å². The first kappa shape index (κ1) is 19.2. The maximum Gasteiger partial charge on any atom is 0.233 e. The fourth-order valence-electron chi connectivity index (χ4n) is 3.18. The maximum absolute atomic E-state index is 11.7. The van der Waals surface area contributed by atoms with Gasteiger partial charge in [-0.3, -0.25) is 4.79 Å². The van der Waals surface area contributed by atoms with Gasteiger partial charge < -0.3 is 15.4 Å². The Hall–Kier alpha value is -1.10. The van der Waals surface area contributed by atoms with E-state index in [1.54, 1.807) is 0 Å². The molecule has 2 aliphatic rings. The van der Waals surface area contributed by atoms with Gasteiger partial charge in [0.05, 0.1) is 12.6 Å². The molecule has 134 valence electrons. The van der Waals surface area contributed by atoms with Gasteiger partial charge in [-0.2, -0.15) is 0 Å². The highest BCUT2D eigenvalue weighted by Crippen LogP contribution is 2.32. The quantitative estimate of drug-likeness (QED) is 0.672. The predicted molar refractivity (Wildman–Crippen MR) is 98.5 cm³/mol. The van der Waals surface area contributed by atoms with E-state index in [0.29, 0.717) is 19.7 Å². The van der Waals surface area contributed by atoms with Gasteiger partial charge in [0.2, 0.25) is 5.91 Å². The number of rotatable bonds is 9. The molecule has 0 radical (unpaired) electrons. The molecule has 2 N–H and O–H groups in total. The van der Waals surface area contributed by atoms with Gasteiger partial charge in [-0.05, 0) is 62.1 Å². The lowest BCUT2D eigenvalue weighted by molar-refractivity contribution is -0.120. The van der Waals surface area contributed by atoms with Gasteiger partial charge in [0.1, 0.15) is 0 Å². The van der Waals surface area contributed by atoms with E-state index in [0.717, 1.165) is 25.3 Å². The first-order chi connectivity index (χ1) is 11.3. The summed E-state index contributed by atoms with van der Waals surface area (Å²) in [6, 6.07) is 8.59. The third-order valence-electron chi connectivity index (χ3n) is 4.69. The highest BCUT2D eigenvalue weighted by atomic mass is 35.5. The minimum Gasteiger partial charge on any atom is -0.373 e. The molecule has 0 aromatic heterocycles. The Labute approximate surface area is 151 Å². The number of benzene rings is 1. The minimum atomic E-state index is 0. The number of nitrogens with one attached hydrogen (secondary N) is 2. The Balaban J connectivity index is 0.00000208. The summed E-state index contributed by atoms with van der Waals surface area (Å²) in [6.45, 7) is 2.82. The molecule has 1 amide bonds. The van der Waals surface area contributed by atoms with Crippen LogP contribution in [0.15, 0.2) is 24.3 Å². The van der Waals surface area contributed by atoms with E-state index in [2.05, 4.69) is 34.9 Å². The Kier molecular flexibility index (Phi) is 8.03. The van der Waals surface area contributed by atoms with Crippen molar-refractivity contribution in [2.75, 3.05) is 26.2 Å². The van der Waals surface area contributed by atoms with Crippen LogP contribution in [0.25, 0.3) is 0 Å². The molecule has 0 heterocycles. The molecule has 1 atom stereocenters. The third-order valence-corrected chi connectivity index (χ3v) is 4.69. The summed E-state index contributed by atoms with van der Waals surface area (Å²) in [5, 5.41) is 6.16. The van der Waals surface area contributed by atoms with Gasteiger partial charge in [-0.1, -0.05) is 24.3 Å². The van der Waals surface area contributed by atoms with Crippen molar-refractivity contribution >= 4 is 18.3 Å². The smallest absolute Gasteiger partial charge is 0.233 e. The van der Waals surface area contributed by atoms with Gasteiger partial charge in [0.15, 0.2) is 0 Å². The average molecular weight is 353 g/mol. The fourth-order valence-corrected chi connectivity index (χ4v) is 3.18. The van der Waals surface area contributed by atoms with E-state index in [1.807, 2.05) is 0 Å². The molecule has 2 aliphatic carbocycles. The number of aryl methyl sites for hydroxylation is 1. The summed E-state index contributed by atoms with van der Waals surface area (Å²) in [5.74, 6) is 0.906. The van der Waals surface area contributed by atoms with Crippen LogP contribution in [0.2, 0.25) is 0 Å². The standard InChI is InChI=1S/C19H28N2O2.ClH/c22-19(14-20-13-15-9-10-15)21-11-4-12-23-18-8-3-6-16-5-1-2-7-17(16)18;/h1-2,5,7,15,18,20H,3-4,6,8-14H2,(H,21,22);1H. The van der Waals surface area contributed by atoms with Gasteiger partial charge in [-0.15, -0.1) is 12.4 Å². The van der Waals surface area contributed by atoms with Crippen molar-refractivity contribution < 1.29 is 9.53 Å². The molecule has 0 saturated heterocycles. The molecule has 24 heavy (non-hydrogen) atoms. The second-order valence-corrected chi connectivity index (χ2v) is 6.73. The number of hydrogen-bond donors (Lipinski definition) is 2. The number of carbonyl (C=O) groups is 1. The lowest BCUT2D eigenvalue weighted by atomic mass is 9.89. The molecule has 1 aromatic rings. The minimum absolute atomic E-state index is 0. The van der Waals surface area contributed by atoms with Crippen LogP contribution in [-0.4, -0.2) is 32.1 Å². The zero-order valence-corrected chi connectivity index (χ0v) is 15.1. The van der Waals surface area contributed by atoms with E-state index in [9.17, 15) is 4.79 Å². The Morgan fingerprint density at radius 3 is 2.88 bits per heavy atom. The van der Waals surface area contributed by atoms with E-state index in [4.69, 9.17) is 4.74 Å². The Morgan fingerprint density at radius 1 is 1.21 bits per heavy atom. The van der Waals surface area contributed by atoms with Crippen LogP contribution in [0.1, 0.15) is 49.3 Å². The molecule has 3 rings (SSSR count). The summed E-state index contributed by atoms with van der Waals surface area (Å²) in [7, 11) is 0. The predicted octanol–water partition coefficient (Wildman–Crippen LogP) is 3.01. The van der Waals surface area contributed by atoms with Crippen molar-refractivity contribution in [1.82, 2.24) is 10.6 Å². The number of amides is 1. The number of fused-ring (bicyclic) bond motifs is 1. The average Bonchev–Trinajstić information content (AvgIpc) is 3.39. The van der Waals surface area contributed by atoms with Crippen LogP contribution < -0.4 is 10.6 Å². The van der Waals surface area contributed by atoms with Gasteiger partial charge >= 0.3 is 0 Å². The van der Waals surface area contributed by atoms with Gasteiger partial charge in [0.25, 0.3) is 0 Å². The molecule has 1 saturated carbocycles. The number of carbonyl (C=O) groups excluding carboxylic acids is 1. The zero-order chi connectivity index (χ0) is 15.9. The molecule has 1 aromatic carbocycles. The topological polar surface area (TPSA) is 50.4 Å². The molecular weight excluding hydrogens is 324 g/mol. The monoisotopic (exact) mass is 352 g/mol. The van der Waals surface area contributed by atoms with Crippen LogP contribution >= 0.6 is 12.4 Å². The molecule has 1 fully saturated rings. The summed E-state index contributed by atoms with van der Waals surface area (Å²) in [6.07, 6.45) is 7.20. The zero-order valence-electron chi connectivity index (χ0n) is 14.3. The third kappa shape index (κ3) is 6.08. The van der Waals surface area contributed by atoms with Crippen LogP contribution in [-0.2, 0) is 16.0 Å². The van der Waals surface area contributed by atoms with Crippen molar-refractivity contribution in [1.29, 1.82) is 0 Å². The van der Waals surface area contributed by atoms with E-state index in [-0.39, 0.29) is 24.4 Å². The molecule has 0 spiro atoms. The highest BCUT2D eigenvalue weighted by molar-refractivity contribution is 5.85. The summed E-state index contributed by atoms with van der Waals surface area (Å²) in [4.78, 5) is 11.7. The van der Waals surface area contributed by atoms with E-state index in [1.165, 1.54) is 36.8 Å². The number of ether oxygens (including phenoxy) is 1. The van der Waals surface area contributed by atoms with E-state index < -0.39 is 0 Å². The van der Waals surface area contributed by atoms with Crippen molar-refractivity contribution in [2.24, 2.45) is 5.92 Å². The largest absolute Gasteiger partial charge is 0.373 e. The second-order valence-electron chi connectivity index (χ2n) is 6.73. The lowest BCUT2D eigenvalue weighted by Crippen LogP contribution is -2.35. The van der Waals surface area contributed by atoms with Crippen molar-refractivity contribution in [3.8, 4) is 0 Å². The Morgan fingerprint density at radius 2 is 2.04 bits per heavy atom. The molecule has 0 aliphatic heterocycles. The second kappa shape index (κ2) is 10.0. The van der Waals surface area contributed by atoms with Crippen LogP contribution in [0, 0.1) is 5.92 Å². The molecule has 4 nitrogen and oxygen atoms in total.